The van der Waals surface area contributed by atoms with Crippen LogP contribution in [-0.4, -0.2) is 27.3 Å². The van der Waals surface area contributed by atoms with Crippen molar-refractivity contribution >= 4 is 22.1 Å². The van der Waals surface area contributed by atoms with Crippen LogP contribution in [0, 0.1) is 17.3 Å². The molecule has 4 rings (SSSR count). The van der Waals surface area contributed by atoms with E-state index in [1.165, 1.54) is 7.11 Å². The van der Waals surface area contributed by atoms with Gasteiger partial charge in [-0.25, -0.2) is 0 Å². The van der Waals surface area contributed by atoms with Crippen LogP contribution in [0.25, 0.3) is 0 Å². The highest BCUT2D eigenvalue weighted by molar-refractivity contribution is 7.84. The molecule has 2 fully saturated rings. The van der Waals surface area contributed by atoms with E-state index in [4.69, 9.17) is 14.1 Å². The molecule has 0 unspecified atom stereocenters. The third kappa shape index (κ3) is 3.06. The first-order valence-electron chi connectivity index (χ1n) is 9.39. The maximum Gasteiger partial charge on any atom is 0.380 e. The summed E-state index contributed by atoms with van der Waals surface area (Å²) < 4.78 is 32.9. The number of carbonyl (C=O) groups is 2. The Morgan fingerprint density at radius 2 is 1.96 bits per heavy atom. The molecule has 9 heteroatoms. The first kappa shape index (κ1) is 19.2. The molecule has 1 aliphatic heterocycles. The summed E-state index contributed by atoms with van der Waals surface area (Å²) in [5, 5.41) is 7.51. The van der Waals surface area contributed by atoms with Crippen molar-refractivity contribution in [2.45, 2.75) is 44.9 Å². The highest BCUT2D eigenvalue weighted by Crippen LogP contribution is 2.57. The largest absolute Gasteiger partial charge is 0.493 e. The van der Waals surface area contributed by atoms with Gasteiger partial charge < -0.3 is 8.92 Å². The molecular formula is C19H24N2O6S. The van der Waals surface area contributed by atoms with Gasteiger partial charge in [0.15, 0.2) is 11.5 Å². The van der Waals surface area contributed by atoms with E-state index in [0.29, 0.717) is 25.0 Å². The van der Waals surface area contributed by atoms with Gasteiger partial charge in [0.05, 0.1) is 12.5 Å². The second kappa shape index (κ2) is 6.45. The van der Waals surface area contributed by atoms with E-state index >= 15 is 0 Å². The maximum atomic E-state index is 12.5. The number of fused-ring (bicyclic) bond motifs is 5. The molecule has 3 N–H and O–H groups in total. The van der Waals surface area contributed by atoms with Gasteiger partial charge in [0.2, 0.25) is 11.8 Å². The molecule has 1 heterocycles. The Kier molecular flexibility index (Phi) is 4.42. The fourth-order valence-electron chi connectivity index (χ4n) is 5.43. The summed E-state index contributed by atoms with van der Waals surface area (Å²) in [6.07, 6.45) is 3.44. The standard InChI is InChI=1S/C19H24N2O6S/c1-19-6-5-11-12(14(19)9-17(22)21-18(19)23)4-3-10-7-16(27-28(20,24)25)15(26-2)8-13(10)11/h7-8,11-12,14H,3-6,9H2,1-2H3,(H2,20,24,25)(H,21,22,23)/t11-,12+,14-,19-/m0/s1. The quantitative estimate of drug-likeness (QED) is 0.728. The average molecular weight is 408 g/mol. The van der Waals surface area contributed by atoms with Crippen molar-refractivity contribution in [3.63, 3.8) is 0 Å². The number of amides is 2. The molecule has 28 heavy (non-hydrogen) atoms. The predicted octanol–water partition coefficient (Wildman–Crippen LogP) is 1.39. The molecule has 152 valence electrons. The summed E-state index contributed by atoms with van der Waals surface area (Å²) in [5.74, 6) is 0.441. The Hall–Kier alpha value is -2.13. The summed E-state index contributed by atoms with van der Waals surface area (Å²) >= 11 is 0. The molecule has 0 spiro atoms. The lowest BCUT2D eigenvalue weighted by molar-refractivity contribution is -0.151. The summed E-state index contributed by atoms with van der Waals surface area (Å²) in [6, 6.07) is 3.50. The smallest absolute Gasteiger partial charge is 0.380 e. The van der Waals surface area contributed by atoms with Gasteiger partial charge in [0.1, 0.15) is 0 Å². The van der Waals surface area contributed by atoms with E-state index in [1.807, 2.05) is 13.0 Å². The van der Waals surface area contributed by atoms with Crippen molar-refractivity contribution < 1.29 is 26.9 Å². The van der Waals surface area contributed by atoms with Gasteiger partial charge in [0, 0.05) is 6.42 Å². The molecule has 2 amide bonds. The van der Waals surface area contributed by atoms with Gasteiger partial charge in [-0.1, -0.05) is 6.92 Å². The molecule has 4 atom stereocenters. The van der Waals surface area contributed by atoms with Crippen LogP contribution >= 0.6 is 0 Å². The van der Waals surface area contributed by atoms with Crippen LogP contribution < -0.4 is 19.4 Å². The lowest BCUT2D eigenvalue weighted by atomic mass is 9.52. The van der Waals surface area contributed by atoms with Crippen molar-refractivity contribution in [3.05, 3.63) is 23.3 Å². The molecule has 2 aliphatic carbocycles. The summed E-state index contributed by atoms with van der Waals surface area (Å²) in [5.41, 5.74) is 1.55. The Bertz CT molecular complexity index is 959. The van der Waals surface area contributed by atoms with Crippen molar-refractivity contribution in [1.82, 2.24) is 5.32 Å². The van der Waals surface area contributed by atoms with E-state index in [1.54, 1.807) is 6.07 Å². The molecule has 1 saturated heterocycles. The molecule has 0 bridgehead atoms. The molecule has 3 aliphatic rings. The van der Waals surface area contributed by atoms with Crippen LogP contribution in [0.3, 0.4) is 0 Å². The molecule has 0 aromatic heterocycles. The second-order valence-corrected chi connectivity index (χ2v) is 9.38. The number of piperidine rings is 1. The first-order valence-corrected chi connectivity index (χ1v) is 10.9. The number of methoxy groups -OCH3 is 1. The molecule has 0 radical (unpaired) electrons. The van der Waals surface area contributed by atoms with Crippen molar-refractivity contribution in [3.8, 4) is 11.5 Å². The third-order valence-corrected chi connectivity index (χ3v) is 7.19. The zero-order valence-corrected chi connectivity index (χ0v) is 16.7. The van der Waals surface area contributed by atoms with Crippen LogP contribution in [0.5, 0.6) is 11.5 Å². The first-order chi connectivity index (χ1) is 13.1. The van der Waals surface area contributed by atoms with E-state index in [2.05, 4.69) is 5.32 Å². The zero-order chi connectivity index (χ0) is 20.3. The monoisotopic (exact) mass is 408 g/mol. The minimum absolute atomic E-state index is 0.00647. The van der Waals surface area contributed by atoms with Crippen LogP contribution in [0.15, 0.2) is 12.1 Å². The number of nitrogens with two attached hydrogens (primary N) is 1. The van der Waals surface area contributed by atoms with E-state index < -0.39 is 15.7 Å². The van der Waals surface area contributed by atoms with Gasteiger partial charge in [-0.15, -0.1) is 0 Å². The van der Waals surface area contributed by atoms with E-state index in [0.717, 1.165) is 24.0 Å². The van der Waals surface area contributed by atoms with Gasteiger partial charge in [-0.3, -0.25) is 14.9 Å². The fraction of sp³-hybridized carbons (Fsp3) is 0.579. The lowest BCUT2D eigenvalue weighted by Crippen LogP contribution is -2.57. The third-order valence-electron chi connectivity index (χ3n) is 6.78. The molecule has 1 aromatic rings. The average Bonchev–Trinajstić information content (AvgIpc) is 2.60. The number of hydrogen-bond acceptors (Lipinski definition) is 6. The van der Waals surface area contributed by atoms with Crippen molar-refractivity contribution in [2.24, 2.45) is 22.4 Å². The van der Waals surface area contributed by atoms with Gasteiger partial charge in [-0.05, 0) is 66.7 Å². The summed E-state index contributed by atoms with van der Waals surface area (Å²) in [6.45, 7) is 1.97. The number of nitrogens with one attached hydrogen (secondary N) is 1. The van der Waals surface area contributed by atoms with Crippen LogP contribution in [0.1, 0.15) is 49.7 Å². The lowest BCUT2D eigenvalue weighted by Gasteiger charge is -2.52. The van der Waals surface area contributed by atoms with Crippen molar-refractivity contribution in [2.75, 3.05) is 7.11 Å². The van der Waals surface area contributed by atoms with E-state index in [9.17, 15) is 18.0 Å². The minimum Gasteiger partial charge on any atom is -0.493 e. The fourth-order valence-corrected chi connectivity index (χ4v) is 5.81. The summed E-state index contributed by atoms with van der Waals surface area (Å²) in [4.78, 5) is 24.6. The Balaban J connectivity index is 1.72. The number of benzene rings is 1. The Morgan fingerprint density at radius 1 is 1.21 bits per heavy atom. The van der Waals surface area contributed by atoms with Gasteiger partial charge in [0.25, 0.3) is 0 Å². The molecule has 8 nitrogen and oxygen atoms in total. The Labute approximate surface area is 164 Å². The highest BCUT2D eigenvalue weighted by atomic mass is 32.2. The number of ether oxygens (including phenoxy) is 1. The molecule has 1 aromatic carbocycles. The minimum atomic E-state index is -4.16. The molecular weight excluding hydrogens is 384 g/mol. The number of carbonyl (C=O) groups excluding carboxylic acids is 2. The van der Waals surface area contributed by atoms with E-state index in [-0.39, 0.29) is 35.3 Å². The normalized spacial score (nSPS) is 31.9. The zero-order valence-electron chi connectivity index (χ0n) is 15.9. The Morgan fingerprint density at radius 3 is 2.64 bits per heavy atom. The number of rotatable bonds is 3. The predicted molar refractivity (Wildman–Crippen MR) is 99.9 cm³/mol. The highest BCUT2D eigenvalue weighted by Gasteiger charge is 2.55. The SMILES string of the molecule is COc1cc2c(cc1OS(N)(=O)=O)CC[C@@H]1[C@@H]2CC[C@]2(C)C(=O)NC(=O)C[C@@H]12. The van der Waals surface area contributed by atoms with Crippen LogP contribution in [-0.2, 0) is 26.3 Å². The number of imide groups is 1. The van der Waals surface area contributed by atoms with Gasteiger partial charge >= 0.3 is 10.3 Å². The summed E-state index contributed by atoms with van der Waals surface area (Å²) in [7, 11) is -2.71. The van der Waals surface area contributed by atoms with Crippen LogP contribution in [0.4, 0.5) is 0 Å². The maximum absolute atomic E-state index is 12.5. The topological polar surface area (TPSA) is 125 Å². The van der Waals surface area contributed by atoms with Gasteiger partial charge in [-0.2, -0.15) is 13.6 Å². The second-order valence-electron chi connectivity index (χ2n) is 8.23. The van der Waals surface area contributed by atoms with Crippen LogP contribution in [0.2, 0.25) is 0 Å². The number of hydrogen-bond donors (Lipinski definition) is 2. The molecule has 1 saturated carbocycles. The number of aryl methyl sites for hydroxylation is 1. The van der Waals surface area contributed by atoms with Crippen molar-refractivity contribution in [1.29, 1.82) is 0 Å².